The fourth-order valence-corrected chi connectivity index (χ4v) is 3.93. The SMILES string of the molecule is CCOC(=O)C1=C(C(F)(F)F)Oc2ccccc2C1Sc1ccc(C)cc1. The van der Waals surface area contributed by atoms with Gasteiger partial charge in [0.2, 0.25) is 5.76 Å². The topological polar surface area (TPSA) is 35.5 Å². The van der Waals surface area contributed by atoms with E-state index in [0.717, 1.165) is 22.2 Å². The van der Waals surface area contributed by atoms with Crippen molar-refractivity contribution in [3.05, 3.63) is 71.0 Å². The first kappa shape index (κ1) is 19.4. The lowest BCUT2D eigenvalue weighted by Gasteiger charge is -2.30. The zero-order valence-electron chi connectivity index (χ0n) is 14.7. The summed E-state index contributed by atoms with van der Waals surface area (Å²) >= 11 is 1.16. The van der Waals surface area contributed by atoms with Crippen molar-refractivity contribution in [2.75, 3.05) is 6.61 Å². The van der Waals surface area contributed by atoms with Crippen molar-refractivity contribution in [3.63, 3.8) is 0 Å². The Labute approximate surface area is 159 Å². The van der Waals surface area contributed by atoms with E-state index >= 15 is 0 Å². The normalized spacial score (nSPS) is 16.6. The average molecular weight is 394 g/mol. The maximum atomic E-state index is 13.7. The summed E-state index contributed by atoms with van der Waals surface area (Å²) in [5.41, 5.74) is 1.01. The summed E-state index contributed by atoms with van der Waals surface area (Å²) < 4.78 is 51.0. The first-order valence-corrected chi connectivity index (χ1v) is 9.17. The Morgan fingerprint density at radius 1 is 1.15 bits per heavy atom. The molecule has 1 aliphatic heterocycles. The van der Waals surface area contributed by atoms with Crippen molar-refractivity contribution >= 4 is 17.7 Å². The first-order valence-electron chi connectivity index (χ1n) is 8.30. The van der Waals surface area contributed by atoms with Crippen molar-refractivity contribution < 1.29 is 27.4 Å². The summed E-state index contributed by atoms with van der Waals surface area (Å²) in [5.74, 6) is -2.25. The number of esters is 1. The van der Waals surface area contributed by atoms with Crippen LogP contribution in [0.3, 0.4) is 0 Å². The summed E-state index contributed by atoms with van der Waals surface area (Å²) in [4.78, 5) is 13.2. The molecule has 2 aromatic rings. The Morgan fingerprint density at radius 3 is 2.44 bits per heavy atom. The Hall–Kier alpha value is -2.41. The standard InChI is InChI=1S/C20H17F3O3S/c1-3-25-19(24)16-17(27-13-10-8-12(2)9-11-13)14-6-4-5-7-15(14)26-18(16)20(21,22)23/h4-11,17H,3H2,1-2H3. The summed E-state index contributed by atoms with van der Waals surface area (Å²) in [6, 6.07) is 13.8. The third-order valence-corrected chi connectivity index (χ3v) is 5.22. The van der Waals surface area contributed by atoms with Gasteiger partial charge in [-0.25, -0.2) is 4.79 Å². The number of carbonyl (C=O) groups excluding carboxylic acids is 1. The number of hydrogen-bond donors (Lipinski definition) is 0. The number of halogens is 3. The van der Waals surface area contributed by atoms with E-state index in [2.05, 4.69) is 0 Å². The molecule has 3 nitrogen and oxygen atoms in total. The van der Waals surface area contributed by atoms with E-state index in [0.29, 0.717) is 5.56 Å². The van der Waals surface area contributed by atoms with E-state index in [4.69, 9.17) is 9.47 Å². The molecule has 0 amide bonds. The van der Waals surface area contributed by atoms with Crippen LogP contribution in [-0.2, 0) is 9.53 Å². The van der Waals surface area contributed by atoms with Crippen molar-refractivity contribution in [2.45, 2.75) is 30.2 Å². The number of alkyl halides is 3. The molecule has 1 heterocycles. The second-order valence-corrected chi connectivity index (χ2v) is 7.09. The number of aryl methyl sites for hydroxylation is 1. The highest BCUT2D eigenvalue weighted by Gasteiger charge is 2.47. The summed E-state index contributed by atoms with van der Waals surface area (Å²) in [7, 11) is 0. The highest BCUT2D eigenvalue weighted by molar-refractivity contribution is 7.99. The number of para-hydroxylation sites is 1. The van der Waals surface area contributed by atoms with Crippen LogP contribution in [0.4, 0.5) is 13.2 Å². The number of thioether (sulfide) groups is 1. The average Bonchev–Trinajstić information content (AvgIpc) is 2.62. The molecule has 0 aromatic heterocycles. The molecular formula is C20H17F3O3S. The summed E-state index contributed by atoms with van der Waals surface area (Å²) in [6.45, 7) is 3.44. The number of rotatable bonds is 4. The molecule has 0 saturated heterocycles. The molecule has 2 aromatic carbocycles. The molecule has 142 valence electrons. The quantitative estimate of drug-likeness (QED) is 0.633. The van der Waals surface area contributed by atoms with Gasteiger partial charge < -0.3 is 9.47 Å². The van der Waals surface area contributed by atoms with Crippen LogP contribution < -0.4 is 4.74 Å². The van der Waals surface area contributed by atoms with Gasteiger partial charge in [0.1, 0.15) is 11.3 Å². The van der Waals surface area contributed by atoms with Gasteiger partial charge in [0.25, 0.3) is 0 Å². The number of ether oxygens (including phenoxy) is 2. The first-order chi connectivity index (χ1) is 12.8. The van der Waals surface area contributed by atoms with E-state index in [1.165, 1.54) is 6.07 Å². The maximum Gasteiger partial charge on any atom is 0.450 e. The third-order valence-electron chi connectivity index (χ3n) is 3.95. The van der Waals surface area contributed by atoms with Gasteiger partial charge in [0.15, 0.2) is 0 Å². The van der Waals surface area contributed by atoms with Gasteiger partial charge in [0.05, 0.1) is 11.9 Å². The molecule has 0 fully saturated rings. The van der Waals surface area contributed by atoms with Crippen LogP contribution in [0.2, 0.25) is 0 Å². The maximum absolute atomic E-state index is 13.7. The molecule has 0 aliphatic carbocycles. The van der Waals surface area contributed by atoms with Crippen LogP contribution in [0.25, 0.3) is 0 Å². The number of benzene rings is 2. The Bertz CT molecular complexity index is 873. The van der Waals surface area contributed by atoms with Gasteiger partial charge in [0, 0.05) is 10.5 Å². The molecule has 7 heteroatoms. The fraction of sp³-hybridized carbons (Fsp3) is 0.250. The van der Waals surface area contributed by atoms with Gasteiger partial charge in [-0.15, -0.1) is 11.8 Å². The second-order valence-electron chi connectivity index (χ2n) is 5.91. The molecule has 0 spiro atoms. The van der Waals surface area contributed by atoms with E-state index in [1.54, 1.807) is 25.1 Å². The Kier molecular flexibility index (Phi) is 5.51. The highest BCUT2D eigenvalue weighted by Crippen LogP contribution is 2.51. The number of carbonyl (C=O) groups is 1. The van der Waals surface area contributed by atoms with Crippen molar-refractivity contribution in [1.82, 2.24) is 0 Å². The predicted molar refractivity (Wildman–Crippen MR) is 96.6 cm³/mol. The molecule has 27 heavy (non-hydrogen) atoms. The smallest absolute Gasteiger partial charge is 0.450 e. The van der Waals surface area contributed by atoms with Crippen molar-refractivity contribution in [2.24, 2.45) is 0 Å². The van der Waals surface area contributed by atoms with Gasteiger partial charge in [-0.2, -0.15) is 13.2 Å². The molecule has 0 saturated carbocycles. The lowest BCUT2D eigenvalue weighted by Crippen LogP contribution is -2.29. The van der Waals surface area contributed by atoms with E-state index in [1.807, 2.05) is 31.2 Å². The van der Waals surface area contributed by atoms with Gasteiger partial charge in [-0.1, -0.05) is 35.9 Å². The molecular weight excluding hydrogens is 377 g/mol. The van der Waals surface area contributed by atoms with Crippen molar-refractivity contribution in [3.8, 4) is 5.75 Å². The van der Waals surface area contributed by atoms with Crippen LogP contribution in [0.15, 0.2) is 64.8 Å². The molecule has 3 rings (SSSR count). The van der Waals surface area contributed by atoms with Crippen LogP contribution in [0.5, 0.6) is 5.75 Å². The second kappa shape index (κ2) is 7.68. The molecule has 0 N–H and O–H groups in total. The number of hydrogen-bond acceptors (Lipinski definition) is 4. The number of allylic oxidation sites excluding steroid dienone is 1. The Morgan fingerprint density at radius 2 is 1.81 bits per heavy atom. The summed E-state index contributed by atoms with van der Waals surface area (Å²) in [5, 5.41) is -0.895. The molecule has 0 bridgehead atoms. The lowest BCUT2D eigenvalue weighted by atomic mass is 9.99. The van der Waals surface area contributed by atoms with E-state index in [-0.39, 0.29) is 12.4 Å². The van der Waals surface area contributed by atoms with Crippen LogP contribution in [-0.4, -0.2) is 18.8 Å². The molecule has 1 unspecified atom stereocenters. The summed E-state index contributed by atoms with van der Waals surface area (Å²) in [6.07, 6.45) is -4.82. The van der Waals surface area contributed by atoms with E-state index < -0.39 is 28.7 Å². The number of fused-ring (bicyclic) bond motifs is 1. The molecule has 0 radical (unpaired) electrons. The third kappa shape index (κ3) is 4.13. The van der Waals surface area contributed by atoms with Gasteiger partial charge >= 0.3 is 12.1 Å². The van der Waals surface area contributed by atoms with Crippen molar-refractivity contribution in [1.29, 1.82) is 0 Å². The molecule has 1 atom stereocenters. The van der Waals surface area contributed by atoms with Crippen LogP contribution >= 0.6 is 11.8 Å². The van der Waals surface area contributed by atoms with Crippen LogP contribution in [0, 0.1) is 6.92 Å². The molecule has 1 aliphatic rings. The Balaban J connectivity index is 2.14. The van der Waals surface area contributed by atoms with Crippen LogP contribution in [0.1, 0.15) is 23.3 Å². The highest BCUT2D eigenvalue weighted by atomic mass is 32.2. The minimum absolute atomic E-state index is 0.0307. The predicted octanol–water partition coefficient (Wildman–Crippen LogP) is 5.60. The van der Waals surface area contributed by atoms with E-state index in [9.17, 15) is 18.0 Å². The van der Waals surface area contributed by atoms with Gasteiger partial charge in [-0.05, 0) is 32.0 Å². The lowest BCUT2D eigenvalue weighted by molar-refractivity contribution is -0.142. The minimum Gasteiger partial charge on any atom is -0.462 e. The minimum atomic E-state index is -4.82. The largest absolute Gasteiger partial charge is 0.462 e. The fourth-order valence-electron chi connectivity index (χ4n) is 2.72. The van der Waals surface area contributed by atoms with Gasteiger partial charge in [-0.3, -0.25) is 0 Å². The monoisotopic (exact) mass is 394 g/mol. The zero-order valence-corrected chi connectivity index (χ0v) is 15.5. The zero-order chi connectivity index (χ0) is 19.6.